The van der Waals surface area contributed by atoms with Crippen molar-refractivity contribution in [3.63, 3.8) is 0 Å². The smallest absolute Gasteiger partial charge is 0.0400 e. The first-order valence-corrected chi connectivity index (χ1v) is 7.83. The Kier molecular flexibility index (Phi) is 5.25. The van der Waals surface area contributed by atoms with Crippen LogP contribution in [0.5, 0.6) is 0 Å². The van der Waals surface area contributed by atoms with E-state index in [9.17, 15) is 0 Å². The van der Waals surface area contributed by atoms with Crippen LogP contribution in [0.15, 0.2) is 22.7 Å². The quantitative estimate of drug-likeness (QED) is 0.926. The monoisotopic (exact) mass is 325 g/mol. The van der Waals surface area contributed by atoms with Crippen LogP contribution in [-0.2, 0) is 6.42 Å². The first-order chi connectivity index (χ1) is 9.06. The number of hydrogen-bond donors (Lipinski definition) is 1. The number of rotatable bonds is 3. The minimum atomic E-state index is 0.197. The zero-order valence-electron chi connectivity index (χ0n) is 11.9. The molecule has 1 aromatic carbocycles. The van der Waals surface area contributed by atoms with Crippen LogP contribution >= 0.6 is 15.9 Å². The van der Waals surface area contributed by atoms with Crippen LogP contribution in [0.2, 0.25) is 0 Å². The Morgan fingerprint density at radius 2 is 2.05 bits per heavy atom. The van der Waals surface area contributed by atoms with E-state index in [-0.39, 0.29) is 6.04 Å². The van der Waals surface area contributed by atoms with E-state index in [0.29, 0.717) is 0 Å². The summed E-state index contributed by atoms with van der Waals surface area (Å²) in [4.78, 5) is 4.91. The Bertz CT molecular complexity index is 420. The number of benzene rings is 1. The minimum absolute atomic E-state index is 0.197. The highest BCUT2D eigenvalue weighted by molar-refractivity contribution is 9.10. The fraction of sp³-hybridized carbons (Fsp3) is 0.600. The lowest BCUT2D eigenvalue weighted by Crippen LogP contribution is -2.30. The molecule has 0 bridgehead atoms. The van der Waals surface area contributed by atoms with E-state index in [1.165, 1.54) is 24.2 Å². The molecule has 0 saturated carbocycles. The van der Waals surface area contributed by atoms with Gasteiger partial charge in [0.25, 0.3) is 0 Å². The lowest BCUT2D eigenvalue weighted by Gasteiger charge is -2.26. The van der Waals surface area contributed by atoms with E-state index >= 15 is 0 Å². The summed E-state index contributed by atoms with van der Waals surface area (Å²) in [7, 11) is 2.20. The van der Waals surface area contributed by atoms with Gasteiger partial charge >= 0.3 is 0 Å². The van der Waals surface area contributed by atoms with Crippen molar-refractivity contribution in [3.8, 4) is 0 Å². The lowest BCUT2D eigenvalue weighted by molar-refractivity contribution is 0.360. The van der Waals surface area contributed by atoms with Gasteiger partial charge in [-0.3, -0.25) is 0 Å². The summed E-state index contributed by atoms with van der Waals surface area (Å²) in [6.45, 7) is 6.63. The van der Waals surface area contributed by atoms with Gasteiger partial charge in [-0.1, -0.05) is 15.9 Å². The van der Waals surface area contributed by atoms with Crippen molar-refractivity contribution in [2.75, 3.05) is 38.1 Å². The molecule has 1 heterocycles. The first-order valence-electron chi connectivity index (χ1n) is 7.04. The fourth-order valence-electron chi connectivity index (χ4n) is 2.66. The zero-order chi connectivity index (χ0) is 13.8. The number of likely N-dealkylation sites (N-methyl/N-ethyl adjacent to an activating group) is 1. The summed E-state index contributed by atoms with van der Waals surface area (Å²) in [5.74, 6) is 0. The maximum Gasteiger partial charge on any atom is 0.0400 e. The Labute approximate surface area is 124 Å². The summed E-state index contributed by atoms with van der Waals surface area (Å²) in [5.41, 5.74) is 8.70. The summed E-state index contributed by atoms with van der Waals surface area (Å²) < 4.78 is 1.14. The molecule has 106 valence electrons. The molecule has 2 rings (SSSR count). The average molecular weight is 326 g/mol. The highest BCUT2D eigenvalue weighted by Crippen LogP contribution is 2.26. The second kappa shape index (κ2) is 6.73. The number of nitrogens with zero attached hydrogens (tertiary/aromatic N) is 2. The predicted octanol–water partition coefficient (Wildman–Crippen LogP) is 2.48. The topological polar surface area (TPSA) is 32.5 Å². The van der Waals surface area contributed by atoms with Crippen LogP contribution < -0.4 is 10.6 Å². The second-order valence-electron chi connectivity index (χ2n) is 5.60. The average Bonchev–Trinajstić information content (AvgIpc) is 2.54. The van der Waals surface area contributed by atoms with Crippen LogP contribution in [-0.4, -0.2) is 44.2 Å². The maximum atomic E-state index is 5.98. The van der Waals surface area contributed by atoms with E-state index in [1.54, 1.807) is 0 Å². The highest BCUT2D eigenvalue weighted by Gasteiger charge is 2.16. The van der Waals surface area contributed by atoms with Gasteiger partial charge in [-0.25, -0.2) is 0 Å². The molecule has 0 amide bonds. The van der Waals surface area contributed by atoms with Crippen LogP contribution in [0.25, 0.3) is 0 Å². The Balaban J connectivity index is 2.22. The van der Waals surface area contributed by atoms with E-state index in [2.05, 4.69) is 57.9 Å². The van der Waals surface area contributed by atoms with Gasteiger partial charge in [0, 0.05) is 35.8 Å². The Hall–Kier alpha value is -0.580. The van der Waals surface area contributed by atoms with Gasteiger partial charge in [0.1, 0.15) is 0 Å². The fourth-order valence-corrected chi connectivity index (χ4v) is 3.07. The van der Waals surface area contributed by atoms with Crippen molar-refractivity contribution in [1.82, 2.24) is 4.90 Å². The van der Waals surface area contributed by atoms with E-state index < -0.39 is 0 Å². The van der Waals surface area contributed by atoms with Crippen molar-refractivity contribution in [2.45, 2.75) is 25.8 Å². The Morgan fingerprint density at radius 3 is 2.79 bits per heavy atom. The second-order valence-corrected chi connectivity index (χ2v) is 6.51. The molecule has 0 aromatic heterocycles. The highest BCUT2D eigenvalue weighted by atomic mass is 79.9. The van der Waals surface area contributed by atoms with E-state index in [0.717, 1.165) is 30.5 Å². The third kappa shape index (κ3) is 4.20. The molecule has 2 N–H and O–H groups in total. The largest absolute Gasteiger partial charge is 0.370 e. The predicted molar refractivity (Wildman–Crippen MR) is 85.8 cm³/mol. The van der Waals surface area contributed by atoms with Crippen molar-refractivity contribution >= 4 is 21.6 Å². The molecule has 19 heavy (non-hydrogen) atoms. The number of halogens is 1. The molecule has 1 atom stereocenters. The number of hydrogen-bond acceptors (Lipinski definition) is 3. The van der Waals surface area contributed by atoms with E-state index in [4.69, 9.17) is 5.73 Å². The molecule has 4 heteroatoms. The minimum Gasteiger partial charge on any atom is -0.370 e. The zero-order valence-corrected chi connectivity index (χ0v) is 13.5. The molecule has 0 spiro atoms. The molecule has 1 aliphatic heterocycles. The van der Waals surface area contributed by atoms with Crippen LogP contribution in [0.1, 0.15) is 18.9 Å². The third-order valence-electron chi connectivity index (χ3n) is 3.64. The number of anilines is 1. The van der Waals surface area contributed by atoms with Crippen molar-refractivity contribution in [3.05, 3.63) is 28.2 Å². The Morgan fingerprint density at radius 1 is 1.26 bits per heavy atom. The van der Waals surface area contributed by atoms with Gasteiger partial charge in [0.2, 0.25) is 0 Å². The standard InChI is InChI=1S/C15H24BrN3/c1-12(17)10-13-11-14(16)4-5-15(13)19-7-3-6-18(2)8-9-19/h4-5,11-12H,3,6-10,17H2,1-2H3. The van der Waals surface area contributed by atoms with Gasteiger partial charge in [-0.15, -0.1) is 0 Å². The molecule has 1 aliphatic rings. The van der Waals surface area contributed by atoms with Gasteiger partial charge < -0.3 is 15.5 Å². The van der Waals surface area contributed by atoms with Gasteiger partial charge in [-0.2, -0.15) is 0 Å². The van der Waals surface area contributed by atoms with Crippen LogP contribution in [0, 0.1) is 0 Å². The van der Waals surface area contributed by atoms with Crippen LogP contribution in [0.3, 0.4) is 0 Å². The molecular weight excluding hydrogens is 302 g/mol. The van der Waals surface area contributed by atoms with Crippen molar-refractivity contribution < 1.29 is 0 Å². The van der Waals surface area contributed by atoms with Crippen LogP contribution in [0.4, 0.5) is 5.69 Å². The molecule has 1 unspecified atom stereocenters. The molecule has 1 aromatic rings. The number of nitrogens with two attached hydrogens (primary N) is 1. The maximum absolute atomic E-state index is 5.98. The third-order valence-corrected chi connectivity index (χ3v) is 4.14. The SMILES string of the molecule is CC(N)Cc1cc(Br)ccc1N1CCCN(C)CC1. The van der Waals surface area contributed by atoms with Crippen molar-refractivity contribution in [1.29, 1.82) is 0 Å². The molecule has 0 aliphatic carbocycles. The summed E-state index contributed by atoms with van der Waals surface area (Å²) in [5, 5.41) is 0. The molecule has 1 saturated heterocycles. The normalized spacial score (nSPS) is 19.3. The lowest BCUT2D eigenvalue weighted by atomic mass is 10.0. The first kappa shape index (κ1) is 14.8. The summed E-state index contributed by atoms with van der Waals surface area (Å²) >= 11 is 3.57. The van der Waals surface area contributed by atoms with Gasteiger partial charge in [0.05, 0.1) is 0 Å². The van der Waals surface area contributed by atoms with E-state index in [1.807, 2.05) is 0 Å². The van der Waals surface area contributed by atoms with Crippen molar-refractivity contribution in [2.24, 2.45) is 5.73 Å². The molecular formula is C15H24BrN3. The van der Waals surface area contributed by atoms with Gasteiger partial charge in [0.15, 0.2) is 0 Å². The summed E-state index contributed by atoms with van der Waals surface area (Å²) in [6, 6.07) is 6.78. The molecule has 3 nitrogen and oxygen atoms in total. The van der Waals surface area contributed by atoms with Gasteiger partial charge in [-0.05, 0) is 57.1 Å². The summed E-state index contributed by atoms with van der Waals surface area (Å²) in [6.07, 6.45) is 2.16. The molecule has 0 radical (unpaired) electrons. The molecule has 1 fully saturated rings.